The van der Waals surface area contributed by atoms with Gasteiger partial charge in [0.05, 0.1) is 30.7 Å². The third-order valence-electron chi connectivity index (χ3n) is 6.20. The number of aromatic nitrogens is 2. The number of fused-ring (bicyclic) bond motifs is 2. The van der Waals surface area contributed by atoms with Crippen LogP contribution in [-0.4, -0.2) is 29.8 Å². The highest BCUT2D eigenvalue weighted by molar-refractivity contribution is 7.15. The summed E-state index contributed by atoms with van der Waals surface area (Å²) in [4.78, 5) is 28.9. The van der Waals surface area contributed by atoms with E-state index in [0.717, 1.165) is 11.4 Å². The summed E-state index contributed by atoms with van der Waals surface area (Å²) >= 11 is 1.32. The number of rotatable bonds is 8. The quantitative estimate of drug-likeness (QED) is 0.317. The molecule has 0 fully saturated rings. The number of carbonyl (C=O) groups excluding carboxylic acids is 1. The fourth-order valence-corrected chi connectivity index (χ4v) is 5.10. The molecule has 1 atom stereocenters. The van der Waals surface area contributed by atoms with E-state index in [1.165, 1.54) is 16.2 Å². The van der Waals surface area contributed by atoms with Crippen molar-refractivity contribution in [2.75, 3.05) is 18.6 Å². The maximum Gasteiger partial charge on any atom is 0.297 e. The van der Waals surface area contributed by atoms with Gasteiger partial charge in [0.15, 0.2) is 16.9 Å². The lowest BCUT2D eigenvalue weighted by Crippen LogP contribution is -2.29. The molecule has 0 bridgehead atoms. The molecule has 9 heteroatoms. The van der Waals surface area contributed by atoms with Crippen LogP contribution in [0.2, 0.25) is 0 Å². The summed E-state index contributed by atoms with van der Waals surface area (Å²) in [6.07, 6.45) is 1.60. The normalized spacial score (nSPS) is 15.1. The monoisotopic (exact) mass is 505 g/mol. The number of hydrogen-bond donors (Lipinski definition) is 0. The van der Waals surface area contributed by atoms with Gasteiger partial charge in [-0.15, -0.1) is 10.2 Å². The van der Waals surface area contributed by atoms with Crippen molar-refractivity contribution in [2.45, 2.75) is 39.7 Å². The Morgan fingerprint density at radius 2 is 1.92 bits per heavy atom. The van der Waals surface area contributed by atoms with Crippen LogP contribution in [0.25, 0.3) is 11.0 Å². The zero-order valence-corrected chi connectivity index (χ0v) is 21.4. The lowest BCUT2D eigenvalue weighted by molar-refractivity contribution is 0.0970. The van der Waals surface area contributed by atoms with Crippen molar-refractivity contribution in [2.24, 2.45) is 5.92 Å². The van der Waals surface area contributed by atoms with Gasteiger partial charge in [0.1, 0.15) is 10.6 Å². The number of methoxy groups -OCH3 is 1. The van der Waals surface area contributed by atoms with E-state index in [1.54, 1.807) is 37.4 Å². The molecular weight excluding hydrogens is 478 g/mol. The standard InChI is InChI=1S/C27H27N3O5S/c1-5-21-28-29-27(36-21)30-23(16-10-11-19(20(14-16)33-4)34-13-12-15(2)3)22-24(31)17-8-6-7-9-18(17)35-25(22)26(30)32/h6-11,14-15,23H,5,12-13H2,1-4H3. The van der Waals surface area contributed by atoms with E-state index in [0.29, 0.717) is 52.1 Å². The average molecular weight is 506 g/mol. The minimum Gasteiger partial charge on any atom is -0.493 e. The second-order valence-corrected chi connectivity index (χ2v) is 10.1. The molecule has 1 aliphatic heterocycles. The van der Waals surface area contributed by atoms with E-state index in [1.807, 2.05) is 19.1 Å². The molecule has 1 aliphatic rings. The number of nitrogens with zero attached hydrogens (tertiary/aromatic N) is 3. The Kier molecular flexibility index (Phi) is 6.49. The van der Waals surface area contributed by atoms with Crippen LogP contribution in [-0.2, 0) is 6.42 Å². The highest BCUT2D eigenvalue weighted by Gasteiger charge is 2.45. The molecule has 0 aliphatic carbocycles. The third-order valence-corrected chi connectivity index (χ3v) is 7.27. The number of anilines is 1. The zero-order valence-electron chi connectivity index (χ0n) is 20.6. The molecular formula is C27H27N3O5S. The largest absolute Gasteiger partial charge is 0.493 e. The second-order valence-electron chi connectivity index (χ2n) is 9.02. The number of para-hydroxylation sites is 1. The van der Waals surface area contributed by atoms with Gasteiger partial charge in [-0.3, -0.25) is 14.5 Å². The molecule has 2 aromatic carbocycles. The lowest BCUT2D eigenvalue weighted by atomic mass is 9.98. The Bertz CT molecular complexity index is 1490. The van der Waals surface area contributed by atoms with Gasteiger partial charge < -0.3 is 13.9 Å². The molecule has 3 heterocycles. The van der Waals surface area contributed by atoms with Crippen LogP contribution in [0.5, 0.6) is 11.5 Å². The summed E-state index contributed by atoms with van der Waals surface area (Å²) < 4.78 is 17.6. The Labute approximate surface area is 212 Å². The van der Waals surface area contributed by atoms with E-state index in [9.17, 15) is 9.59 Å². The summed E-state index contributed by atoms with van der Waals surface area (Å²) in [6.45, 7) is 6.81. The van der Waals surface area contributed by atoms with Crippen LogP contribution >= 0.6 is 11.3 Å². The van der Waals surface area contributed by atoms with Crippen molar-refractivity contribution in [3.05, 3.63) is 74.6 Å². The molecule has 1 unspecified atom stereocenters. The average Bonchev–Trinajstić information content (AvgIpc) is 3.47. The highest BCUT2D eigenvalue weighted by atomic mass is 32.1. The number of carbonyl (C=O) groups is 1. The number of ether oxygens (including phenoxy) is 2. The Balaban J connectivity index is 1.66. The summed E-state index contributed by atoms with van der Waals surface area (Å²) in [5.74, 6) is 1.24. The van der Waals surface area contributed by atoms with Crippen molar-refractivity contribution in [3.8, 4) is 11.5 Å². The first-order valence-corrected chi connectivity index (χ1v) is 12.8. The smallest absolute Gasteiger partial charge is 0.297 e. The van der Waals surface area contributed by atoms with Crippen molar-refractivity contribution in [1.82, 2.24) is 10.2 Å². The van der Waals surface area contributed by atoms with Gasteiger partial charge in [0.2, 0.25) is 10.9 Å². The van der Waals surface area contributed by atoms with E-state index in [4.69, 9.17) is 13.9 Å². The highest BCUT2D eigenvalue weighted by Crippen LogP contribution is 2.44. The Morgan fingerprint density at radius 1 is 1.11 bits per heavy atom. The molecule has 36 heavy (non-hydrogen) atoms. The van der Waals surface area contributed by atoms with Gasteiger partial charge in [0.25, 0.3) is 5.91 Å². The van der Waals surface area contributed by atoms with Crippen molar-refractivity contribution < 1.29 is 18.7 Å². The molecule has 4 aromatic rings. The van der Waals surface area contributed by atoms with Crippen LogP contribution in [0.4, 0.5) is 5.13 Å². The fourth-order valence-electron chi connectivity index (χ4n) is 4.30. The van der Waals surface area contributed by atoms with Crippen molar-refractivity contribution >= 4 is 33.3 Å². The van der Waals surface area contributed by atoms with Gasteiger partial charge in [-0.1, -0.05) is 50.3 Å². The van der Waals surface area contributed by atoms with Crippen molar-refractivity contribution in [3.63, 3.8) is 0 Å². The number of amides is 1. The first kappa shape index (κ1) is 24.0. The Morgan fingerprint density at radius 3 is 2.64 bits per heavy atom. The molecule has 5 rings (SSSR count). The van der Waals surface area contributed by atoms with E-state index < -0.39 is 11.9 Å². The van der Waals surface area contributed by atoms with E-state index in [2.05, 4.69) is 24.0 Å². The number of hydrogen-bond acceptors (Lipinski definition) is 8. The third kappa shape index (κ3) is 4.13. The van der Waals surface area contributed by atoms with Gasteiger partial charge in [0, 0.05) is 0 Å². The molecule has 0 N–H and O–H groups in total. The number of benzene rings is 2. The van der Waals surface area contributed by atoms with Crippen molar-refractivity contribution in [1.29, 1.82) is 0 Å². The molecule has 1 amide bonds. The van der Waals surface area contributed by atoms with Crippen LogP contribution in [0.3, 0.4) is 0 Å². The van der Waals surface area contributed by atoms with Gasteiger partial charge in [-0.05, 0) is 48.6 Å². The molecule has 0 saturated carbocycles. The molecule has 8 nitrogen and oxygen atoms in total. The van der Waals surface area contributed by atoms with E-state index >= 15 is 0 Å². The van der Waals surface area contributed by atoms with E-state index in [-0.39, 0.29) is 16.8 Å². The molecule has 0 spiro atoms. The SMILES string of the molecule is CCc1nnc(N2C(=O)c3oc4ccccc4c(=O)c3C2c2ccc(OCCC(C)C)c(OC)c2)s1. The van der Waals surface area contributed by atoms with Crippen LogP contribution < -0.4 is 19.8 Å². The summed E-state index contributed by atoms with van der Waals surface area (Å²) in [7, 11) is 1.57. The molecule has 0 saturated heterocycles. The predicted molar refractivity (Wildman–Crippen MR) is 138 cm³/mol. The first-order valence-electron chi connectivity index (χ1n) is 11.9. The molecule has 2 aromatic heterocycles. The van der Waals surface area contributed by atoms with Crippen LogP contribution in [0.1, 0.15) is 59.9 Å². The summed E-state index contributed by atoms with van der Waals surface area (Å²) in [6, 6.07) is 11.7. The first-order chi connectivity index (χ1) is 17.4. The maximum atomic E-state index is 13.7. The van der Waals surface area contributed by atoms with Gasteiger partial charge in [-0.25, -0.2) is 0 Å². The fraction of sp³-hybridized carbons (Fsp3) is 0.333. The summed E-state index contributed by atoms with van der Waals surface area (Å²) in [5.41, 5.74) is 1.09. The van der Waals surface area contributed by atoms with Gasteiger partial charge in [-0.2, -0.15) is 0 Å². The summed E-state index contributed by atoms with van der Waals surface area (Å²) in [5, 5.41) is 10.1. The Hall–Kier alpha value is -3.72. The van der Waals surface area contributed by atoms with Crippen LogP contribution in [0.15, 0.2) is 51.7 Å². The van der Waals surface area contributed by atoms with Gasteiger partial charge >= 0.3 is 0 Å². The zero-order chi connectivity index (χ0) is 25.4. The molecule has 186 valence electrons. The second kappa shape index (κ2) is 9.73. The maximum absolute atomic E-state index is 13.7. The minimum atomic E-state index is -0.746. The molecule has 0 radical (unpaired) electrons. The lowest BCUT2D eigenvalue weighted by Gasteiger charge is -2.23. The minimum absolute atomic E-state index is 0.0215. The number of aryl methyl sites for hydroxylation is 1. The van der Waals surface area contributed by atoms with Crippen LogP contribution in [0, 0.1) is 5.92 Å². The predicted octanol–water partition coefficient (Wildman–Crippen LogP) is 5.39. The topological polar surface area (TPSA) is 94.8 Å².